The first-order valence-corrected chi connectivity index (χ1v) is 10.4. The summed E-state index contributed by atoms with van der Waals surface area (Å²) in [4.78, 5) is 10.8. The Kier molecular flexibility index (Phi) is 6.12. The van der Waals surface area contributed by atoms with Gasteiger partial charge in [0.2, 0.25) is 0 Å². The fraction of sp³-hybridized carbons (Fsp3) is 0.154. The maximum atomic E-state index is 14.8. The van der Waals surface area contributed by atoms with Crippen molar-refractivity contribution in [2.24, 2.45) is 0 Å². The first kappa shape index (κ1) is 21.4. The lowest BCUT2D eigenvalue weighted by atomic mass is 9.75. The van der Waals surface area contributed by atoms with E-state index < -0.39 is 23.5 Å². The SMILES string of the molecule is CCC(c1c(F)cccc1F)C(c1ccc(C=CC(=O)O)cc1)c1ccc2[nH]ncc2c1. The van der Waals surface area contributed by atoms with Gasteiger partial charge in [0.25, 0.3) is 0 Å². The molecule has 32 heavy (non-hydrogen) atoms. The first-order valence-electron chi connectivity index (χ1n) is 10.4. The smallest absolute Gasteiger partial charge is 0.328 e. The lowest BCUT2D eigenvalue weighted by Gasteiger charge is -2.28. The third-order valence-corrected chi connectivity index (χ3v) is 5.75. The standard InChI is InChI=1S/C26H22F2N2O2/c1-2-20(26-21(27)4-3-5-22(26)28)25(18-11-12-23-19(14-18)15-29-30-23)17-9-6-16(7-10-17)8-13-24(31)32/h3-15,20,25H,2H2,1H3,(H,29,30)(H,31,32). The van der Waals surface area contributed by atoms with Crippen LogP contribution in [0.4, 0.5) is 8.78 Å². The molecule has 1 aromatic heterocycles. The molecule has 0 aliphatic heterocycles. The van der Waals surface area contributed by atoms with Gasteiger partial charge in [-0.1, -0.05) is 43.3 Å². The van der Waals surface area contributed by atoms with Crippen molar-refractivity contribution < 1.29 is 18.7 Å². The number of aromatic nitrogens is 2. The van der Waals surface area contributed by atoms with Gasteiger partial charge in [-0.15, -0.1) is 0 Å². The highest BCUT2D eigenvalue weighted by Gasteiger charge is 2.30. The number of hydrogen-bond acceptors (Lipinski definition) is 2. The van der Waals surface area contributed by atoms with Gasteiger partial charge in [0.1, 0.15) is 11.6 Å². The molecule has 4 aromatic rings. The molecule has 162 valence electrons. The number of rotatable bonds is 7. The molecule has 0 aliphatic rings. The van der Waals surface area contributed by atoms with E-state index in [0.29, 0.717) is 6.42 Å². The van der Waals surface area contributed by atoms with Crippen molar-refractivity contribution in [3.05, 3.63) is 107 Å². The summed E-state index contributed by atoms with van der Waals surface area (Å²) in [6.45, 7) is 1.92. The summed E-state index contributed by atoms with van der Waals surface area (Å²) in [5.41, 5.74) is 3.48. The zero-order valence-corrected chi connectivity index (χ0v) is 17.4. The predicted octanol–water partition coefficient (Wildman–Crippen LogP) is 6.26. The van der Waals surface area contributed by atoms with Gasteiger partial charge in [0.05, 0.1) is 11.7 Å². The fourth-order valence-corrected chi connectivity index (χ4v) is 4.27. The molecule has 4 rings (SSSR count). The normalized spacial score (nSPS) is 13.5. The number of aromatic amines is 1. The first-order chi connectivity index (χ1) is 15.5. The van der Waals surface area contributed by atoms with Gasteiger partial charge in [-0.25, -0.2) is 13.6 Å². The second kappa shape index (κ2) is 9.14. The van der Waals surface area contributed by atoms with Gasteiger partial charge in [-0.2, -0.15) is 5.10 Å². The number of halogens is 2. The molecule has 4 nitrogen and oxygen atoms in total. The Bertz CT molecular complexity index is 1260. The van der Waals surface area contributed by atoms with E-state index in [-0.39, 0.29) is 11.5 Å². The van der Waals surface area contributed by atoms with Crippen LogP contribution < -0.4 is 0 Å². The van der Waals surface area contributed by atoms with Gasteiger partial charge in [0, 0.05) is 28.9 Å². The van der Waals surface area contributed by atoms with Crippen LogP contribution in [0.5, 0.6) is 0 Å². The number of fused-ring (bicyclic) bond motifs is 1. The van der Waals surface area contributed by atoms with Crippen LogP contribution >= 0.6 is 0 Å². The van der Waals surface area contributed by atoms with E-state index in [9.17, 15) is 13.6 Å². The van der Waals surface area contributed by atoms with Gasteiger partial charge < -0.3 is 5.11 Å². The highest BCUT2D eigenvalue weighted by Crippen LogP contribution is 2.43. The summed E-state index contributed by atoms with van der Waals surface area (Å²) in [5.74, 6) is -2.91. The fourth-order valence-electron chi connectivity index (χ4n) is 4.27. The minimum absolute atomic E-state index is 0.0714. The topological polar surface area (TPSA) is 66.0 Å². The number of H-pyrrole nitrogens is 1. The van der Waals surface area contributed by atoms with Crippen LogP contribution in [0.3, 0.4) is 0 Å². The molecular weight excluding hydrogens is 410 g/mol. The van der Waals surface area contributed by atoms with E-state index in [4.69, 9.17) is 5.11 Å². The molecule has 0 amide bonds. The van der Waals surface area contributed by atoms with Gasteiger partial charge >= 0.3 is 5.97 Å². The third-order valence-electron chi connectivity index (χ3n) is 5.75. The molecule has 0 spiro atoms. The monoisotopic (exact) mass is 432 g/mol. The molecule has 3 aromatic carbocycles. The molecule has 0 fully saturated rings. The van der Waals surface area contributed by atoms with E-state index in [1.54, 1.807) is 6.20 Å². The Hall–Kier alpha value is -3.80. The predicted molar refractivity (Wildman–Crippen MR) is 120 cm³/mol. The molecule has 2 unspecified atom stereocenters. The zero-order valence-electron chi connectivity index (χ0n) is 17.4. The van der Waals surface area contributed by atoms with Gasteiger partial charge in [-0.3, -0.25) is 5.10 Å². The number of nitrogens with zero attached hydrogens (tertiary/aromatic N) is 1. The number of carboxylic acids is 1. The highest BCUT2D eigenvalue weighted by molar-refractivity contribution is 5.85. The molecule has 6 heteroatoms. The average Bonchev–Trinajstić information content (AvgIpc) is 3.25. The quantitative estimate of drug-likeness (QED) is 0.339. The highest BCUT2D eigenvalue weighted by atomic mass is 19.1. The lowest BCUT2D eigenvalue weighted by Crippen LogP contribution is -2.15. The number of carboxylic acid groups (broad SMARTS) is 1. The molecule has 0 saturated heterocycles. The van der Waals surface area contributed by atoms with Crippen molar-refractivity contribution in [1.29, 1.82) is 0 Å². The van der Waals surface area contributed by atoms with Crippen LogP contribution in [0, 0.1) is 11.6 Å². The number of carbonyl (C=O) groups is 1. The maximum Gasteiger partial charge on any atom is 0.328 e. The number of hydrogen-bond donors (Lipinski definition) is 2. The Morgan fingerprint density at radius 2 is 1.75 bits per heavy atom. The van der Waals surface area contributed by atoms with Gasteiger partial charge in [0.15, 0.2) is 0 Å². The summed E-state index contributed by atoms with van der Waals surface area (Å²) in [5, 5.41) is 16.8. The van der Waals surface area contributed by atoms with Crippen LogP contribution in [0.2, 0.25) is 0 Å². The molecule has 0 bridgehead atoms. The molecule has 1 heterocycles. The van der Waals surface area contributed by atoms with Crippen LogP contribution in [0.1, 0.15) is 47.4 Å². The zero-order chi connectivity index (χ0) is 22.7. The summed E-state index contributed by atoms with van der Waals surface area (Å²) < 4.78 is 29.6. The third kappa shape index (κ3) is 4.30. The molecule has 0 aliphatic carbocycles. The van der Waals surface area contributed by atoms with Crippen LogP contribution in [-0.2, 0) is 4.79 Å². The lowest BCUT2D eigenvalue weighted by molar-refractivity contribution is -0.131. The maximum absolute atomic E-state index is 14.8. The molecular formula is C26H22F2N2O2. The van der Waals surface area contributed by atoms with Crippen molar-refractivity contribution in [3.8, 4) is 0 Å². The molecule has 0 saturated carbocycles. The summed E-state index contributed by atoms with van der Waals surface area (Å²) in [7, 11) is 0. The molecule has 2 N–H and O–H groups in total. The van der Waals surface area contributed by atoms with Crippen molar-refractivity contribution in [2.75, 3.05) is 0 Å². The van der Waals surface area contributed by atoms with Gasteiger partial charge in [-0.05, 0) is 53.5 Å². The van der Waals surface area contributed by atoms with Crippen molar-refractivity contribution >= 4 is 22.9 Å². The molecule has 2 atom stereocenters. The Balaban J connectivity index is 1.85. The number of nitrogens with one attached hydrogen (secondary N) is 1. The second-order valence-corrected chi connectivity index (χ2v) is 7.68. The average molecular weight is 432 g/mol. The minimum atomic E-state index is -1.03. The number of benzene rings is 3. The Morgan fingerprint density at radius 3 is 2.41 bits per heavy atom. The van der Waals surface area contributed by atoms with Crippen LogP contribution in [-0.4, -0.2) is 21.3 Å². The second-order valence-electron chi connectivity index (χ2n) is 7.68. The van der Waals surface area contributed by atoms with Crippen LogP contribution in [0.15, 0.2) is 72.9 Å². The van der Waals surface area contributed by atoms with E-state index >= 15 is 0 Å². The van der Waals surface area contributed by atoms with Crippen molar-refractivity contribution in [1.82, 2.24) is 10.2 Å². The van der Waals surface area contributed by atoms with E-state index in [1.807, 2.05) is 49.4 Å². The van der Waals surface area contributed by atoms with Crippen LogP contribution in [0.25, 0.3) is 17.0 Å². The summed E-state index contributed by atoms with van der Waals surface area (Å²) in [6, 6.07) is 17.2. The summed E-state index contributed by atoms with van der Waals surface area (Å²) >= 11 is 0. The Labute approximate surface area is 184 Å². The summed E-state index contributed by atoms with van der Waals surface area (Å²) in [6.07, 6.45) is 4.82. The molecule has 0 radical (unpaired) electrons. The van der Waals surface area contributed by atoms with Crippen molar-refractivity contribution in [2.45, 2.75) is 25.2 Å². The van der Waals surface area contributed by atoms with E-state index in [2.05, 4.69) is 10.2 Å². The largest absolute Gasteiger partial charge is 0.478 e. The van der Waals surface area contributed by atoms with E-state index in [1.165, 1.54) is 24.3 Å². The Morgan fingerprint density at radius 1 is 1.06 bits per heavy atom. The number of aliphatic carboxylic acids is 1. The van der Waals surface area contributed by atoms with E-state index in [0.717, 1.165) is 33.7 Å². The van der Waals surface area contributed by atoms with Crippen molar-refractivity contribution in [3.63, 3.8) is 0 Å². The minimum Gasteiger partial charge on any atom is -0.478 e.